The van der Waals surface area contributed by atoms with Gasteiger partial charge in [-0.15, -0.1) is 0 Å². The second-order valence-corrected chi connectivity index (χ2v) is 5.37. The molecule has 0 radical (unpaired) electrons. The number of hydrogen-bond donors (Lipinski definition) is 1. The largest absolute Gasteiger partial charge is 0.497 e. The van der Waals surface area contributed by atoms with E-state index in [0.29, 0.717) is 6.54 Å². The van der Waals surface area contributed by atoms with Crippen LogP contribution in [-0.4, -0.2) is 34.3 Å². The number of benzene rings is 1. The van der Waals surface area contributed by atoms with Gasteiger partial charge in [0.25, 0.3) is 0 Å². The van der Waals surface area contributed by atoms with Gasteiger partial charge in [-0.25, -0.2) is 0 Å². The summed E-state index contributed by atoms with van der Waals surface area (Å²) in [5.74, 6) is 1.70. The minimum absolute atomic E-state index is 0.653. The van der Waals surface area contributed by atoms with Gasteiger partial charge in [-0.1, -0.05) is 0 Å². The average molecular weight is 309 g/mol. The number of anilines is 1. The quantitative estimate of drug-likeness (QED) is 0.785. The van der Waals surface area contributed by atoms with Gasteiger partial charge >= 0.3 is 0 Å². The lowest BCUT2D eigenvalue weighted by Gasteiger charge is -2.14. The molecule has 6 nitrogen and oxygen atoms in total. The Morgan fingerprint density at radius 1 is 1.13 bits per heavy atom. The Hall–Kier alpha value is -2.89. The Kier molecular flexibility index (Phi) is 4.23. The maximum absolute atomic E-state index is 5.18. The molecule has 0 bridgehead atoms. The Labute approximate surface area is 135 Å². The molecule has 118 valence electrons. The molecule has 0 spiro atoms. The predicted octanol–water partition coefficient (Wildman–Crippen LogP) is 2.82. The lowest BCUT2D eigenvalue weighted by atomic mass is 10.1. The summed E-state index contributed by atoms with van der Waals surface area (Å²) < 4.78 is 5.18. The first-order valence-corrected chi connectivity index (χ1v) is 7.34. The van der Waals surface area contributed by atoms with E-state index < -0.39 is 0 Å². The van der Waals surface area contributed by atoms with Crippen molar-refractivity contribution in [3.8, 4) is 17.0 Å². The van der Waals surface area contributed by atoms with Crippen LogP contribution in [0.4, 0.5) is 5.82 Å². The Morgan fingerprint density at radius 3 is 2.57 bits per heavy atom. The number of hydrogen-bond acceptors (Lipinski definition) is 5. The lowest BCUT2D eigenvalue weighted by molar-refractivity contribution is 0.415. The maximum atomic E-state index is 5.18. The SMILES string of the molecule is COc1ccc(-c2cc(N(C)Cc3cnc(C)cn3)n[nH]2)cc1. The molecular weight excluding hydrogens is 290 g/mol. The minimum atomic E-state index is 0.653. The van der Waals surface area contributed by atoms with Crippen LogP contribution in [0.3, 0.4) is 0 Å². The van der Waals surface area contributed by atoms with E-state index in [2.05, 4.69) is 20.2 Å². The highest BCUT2D eigenvalue weighted by atomic mass is 16.5. The Balaban J connectivity index is 1.73. The molecule has 0 unspecified atom stereocenters. The van der Waals surface area contributed by atoms with E-state index in [1.54, 1.807) is 19.5 Å². The van der Waals surface area contributed by atoms with Gasteiger partial charge in [0.05, 0.1) is 36.9 Å². The third kappa shape index (κ3) is 3.48. The van der Waals surface area contributed by atoms with Crippen LogP contribution in [0.5, 0.6) is 5.75 Å². The summed E-state index contributed by atoms with van der Waals surface area (Å²) in [6.07, 6.45) is 3.57. The molecule has 3 rings (SSSR count). The summed E-state index contributed by atoms with van der Waals surface area (Å²) in [5, 5.41) is 7.44. The normalized spacial score (nSPS) is 10.6. The first-order valence-electron chi connectivity index (χ1n) is 7.34. The fraction of sp³-hybridized carbons (Fsp3) is 0.235. The number of methoxy groups -OCH3 is 1. The van der Waals surface area contributed by atoms with Crippen molar-refractivity contribution >= 4 is 5.82 Å². The maximum Gasteiger partial charge on any atom is 0.151 e. The van der Waals surface area contributed by atoms with Gasteiger partial charge in [0.15, 0.2) is 5.82 Å². The zero-order valence-corrected chi connectivity index (χ0v) is 13.4. The zero-order chi connectivity index (χ0) is 16.2. The van der Waals surface area contributed by atoms with Crippen LogP contribution in [0.25, 0.3) is 11.3 Å². The molecule has 0 fully saturated rings. The first kappa shape index (κ1) is 15.0. The Morgan fingerprint density at radius 2 is 1.91 bits per heavy atom. The summed E-state index contributed by atoms with van der Waals surface area (Å²) in [6.45, 7) is 2.58. The number of nitrogens with one attached hydrogen (secondary N) is 1. The average Bonchev–Trinajstić information content (AvgIpc) is 3.07. The van der Waals surface area contributed by atoms with Crippen LogP contribution in [-0.2, 0) is 6.54 Å². The van der Waals surface area contributed by atoms with Gasteiger partial charge in [0.2, 0.25) is 0 Å². The standard InChI is InChI=1S/C17H19N5O/c1-12-9-19-14(10-18-12)11-22(2)17-8-16(20-21-17)13-4-6-15(23-3)7-5-13/h4-10H,11H2,1-3H3,(H,20,21). The third-order valence-electron chi connectivity index (χ3n) is 3.59. The third-order valence-corrected chi connectivity index (χ3v) is 3.59. The van der Waals surface area contributed by atoms with Crippen LogP contribution in [0, 0.1) is 6.92 Å². The number of rotatable bonds is 5. The van der Waals surface area contributed by atoms with E-state index in [4.69, 9.17) is 4.74 Å². The minimum Gasteiger partial charge on any atom is -0.497 e. The topological polar surface area (TPSA) is 66.9 Å². The molecule has 0 amide bonds. The number of ether oxygens (including phenoxy) is 1. The molecule has 0 aliphatic rings. The second kappa shape index (κ2) is 6.48. The monoisotopic (exact) mass is 309 g/mol. The van der Waals surface area contributed by atoms with Gasteiger partial charge in [0.1, 0.15) is 5.75 Å². The van der Waals surface area contributed by atoms with Gasteiger partial charge in [-0.2, -0.15) is 5.10 Å². The fourth-order valence-corrected chi connectivity index (χ4v) is 2.25. The van der Waals surface area contributed by atoms with Gasteiger partial charge in [-0.05, 0) is 36.8 Å². The summed E-state index contributed by atoms with van der Waals surface area (Å²) in [5.41, 5.74) is 3.85. The molecule has 3 aromatic rings. The van der Waals surface area contributed by atoms with Crippen molar-refractivity contribution in [1.82, 2.24) is 20.2 Å². The van der Waals surface area contributed by atoms with Crippen molar-refractivity contribution in [2.45, 2.75) is 13.5 Å². The molecule has 2 aromatic heterocycles. The van der Waals surface area contributed by atoms with Crippen molar-refractivity contribution in [3.05, 3.63) is 54.1 Å². The van der Waals surface area contributed by atoms with E-state index in [1.165, 1.54) is 0 Å². The molecule has 1 aromatic carbocycles. The zero-order valence-electron chi connectivity index (χ0n) is 13.4. The lowest BCUT2D eigenvalue weighted by Crippen LogP contribution is -2.17. The number of nitrogens with zero attached hydrogens (tertiary/aromatic N) is 4. The number of aryl methyl sites for hydroxylation is 1. The van der Waals surface area contributed by atoms with E-state index >= 15 is 0 Å². The van der Waals surface area contributed by atoms with Crippen molar-refractivity contribution in [2.24, 2.45) is 0 Å². The summed E-state index contributed by atoms with van der Waals surface area (Å²) >= 11 is 0. The molecule has 0 aliphatic carbocycles. The molecule has 0 aliphatic heterocycles. The predicted molar refractivity (Wildman–Crippen MR) is 89.5 cm³/mol. The summed E-state index contributed by atoms with van der Waals surface area (Å²) in [6, 6.07) is 9.88. The van der Waals surface area contributed by atoms with Crippen molar-refractivity contribution in [2.75, 3.05) is 19.1 Å². The molecule has 0 saturated heterocycles. The number of aromatic nitrogens is 4. The second-order valence-electron chi connectivity index (χ2n) is 5.37. The highest BCUT2D eigenvalue weighted by Crippen LogP contribution is 2.24. The van der Waals surface area contributed by atoms with E-state index in [9.17, 15) is 0 Å². The van der Waals surface area contributed by atoms with Crippen molar-refractivity contribution in [1.29, 1.82) is 0 Å². The van der Waals surface area contributed by atoms with Crippen molar-refractivity contribution < 1.29 is 4.74 Å². The summed E-state index contributed by atoms with van der Waals surface area (Å²) in [7, 11) is 3.64. The van der Waals surface area contributed by atoms with Crippen molar-refractivity contribution in [3.63, 3.8) is 0 Å². The molecule has 0 atom stereocenters. The highest BCUT2D eigenvalue weighted by Gasteiger charge is 2.09. The van der Waals surface area contributed by atoms with Gasteiger partial charge in [0, 0.05) is 19.3 Å². The van der Waals surface area contributed by atoms with E-state index in [1.807, 2.05) is 49.2 Å². The summed E-state index contributed by atoms with van der Waals surface area (Å²) in [4.78, 5) is 10.7. The molecule has 6 heteroatoms. The van der Waals surface area contributed by atoms with Gasteiger partial charge < -0.3 is 9.64 Å². The molecule has 0 saturated carbocycles. The molecule has 2 heterocycles. The van der Waals surface area contributed by atoms with E-state index in [-0.39, 0.29) is 0 Å². The van der Waals surface area contributed by atoms with Gasteiger partial charge in [-0.3, -0.25) is 15.1 Å². The van der Waals surface area contributed by atoms with Crippen LogP contribution in [0.15, 0.2) is 42.7 Å². The fourth-order valence-electron chi connectivity index (χ4n) is 2.25. The molecular formula is C17H19N5O. The smallest absolute Gasteiger partial charge is 0.151 e. The number of H-pyrrole nitrogens is 1. The van der Waals surface area contributed by atoms with E-state index in [0.717, 1.165) is 34.2 Å². The number of aromatic amines is 1. The van der Waals surface area contributed by atoms with Crippen LogP contribution < -0.4 is 9.64 Å². The van der Waals surface area contributed by atoms with Crippen LogP contribution in [0.1, 0.15) is 11.4 Å². The molecule has 1 N–H and O–H groups in total. The molecule has 23 heavy (non-hydrogen) atoms. The van der Waals surface area contributed by atoms with Crippen LogP contribution >= 0.6 is 0 Å². The first-order chi connectivity index (χ1) is 11.2. The highest BCUT2D eigenvalue weighted by molar-refractivity contribution is 5.63. The van der Waals surface area contributed by atoms with Crippen LogP contribution in [0.2, 0.25) is 0 Å². The Bertz CT molecular complexity index is 764.